The van der Waals surface area contributed by atoms with E-state index in [-0.39, 0.29) is 6.61 Å². The number of halogens is 2. The van der Waals surface area contributed by atoms with E-state index in [9.17, 15) is 5.11 Å². The maximum atomic E-state index is 9.28. The van der Waals surface area contributed by atoms with Crippen LogP contribution < -0.4 is 4.74 Å². The number of para-hydroxylation sites is 1. The SMILES string of the molecule is OCc1c(Cl)cccc1Oc1ccccc1I. The molecule has 0 bridgehead atoms. The van der Waals surface area contributed by atoms with Gasteiger partial charge in [0, 0.05) is 10.6 Å². The first-order valence-electron chi connectivity index (χ1n) is 5.03. The second-order valence-corrected chi connectivity index (χ2v) is 4.98. The molecule has 0 aliphatic carbocycles. The zero-order chi connectivity index (χ0) is 12.3. The number of hydrogen-bond donors (Lipinski definition) is 1. The van der Waals surface area contributed by atoms with Crippen LogP contribution in [0.4, 0.5) is 0 Å². The molecule has 17 heavy (non-hydrogen) atoms. The number of ether oxygens (including phenoxy) is 1. The molecule has 0 radical (unpaired) electrons. The predicted octanol–water partition coefficient (Wildman–Crippen LogP) is 4.23. The van der Waals surface area contributed by atoms with Gasteiger partial charge in [0.05, 0.1) is 10.2 Å². The van der Waals surface area contributed by atoms with Crippen molar-refractivity contribution in [2.75, 3.05) is 0 Å². The van der Waals surface area contributed by atoms with Gasteiger partial charge in [-0.25, -0.2) is 0 Å². The lowest BCUT2D eigenvalue weighted by Gasteiger charge is -2.11. The van der Waals surface area contributed by atoms with E-state index in [1.807, 2.05) is 24.3 Å². The maximum absolute atomic E-state index is 9.28. The molecule has 4 heteroatoms. The summed E-state index contributed by atoms with van der Waals surface area (Å²) in [5.74, 6) is 1.34. The summed E-state index contributed by atoms with van der Waals surface area (Å²) in [4.78, 5) is 0. The van der Waals surface area contributed by atoms with Crippen molar-refractivity contribution in [2.24, 2.45) is 0 Å². The van der Waals surface area contributed by atoms with Crippen LogP contribution >= 0.6 is 34.2 Å². The van der Waals surface area contributed by atoms with Crippen molar-refractivity contribution in [3.8, 4) is 11.5 Å². The van der Waals surface area contributed by atoms with E-state index >= 15 is 0 Å². The van der Waals surface area contributed by atoms with Gasteiger partial charge in [-0.3, -0.25) is 0 Å². The molecule has 0 amide bonds. The van der Waals surface area contributed by atoms with Crippen LogP contribution in [0.25, 0.3) is 0 Å². The van der Waals surface area contributed by atoms with Gasteiger partial charge >= 0.3 is 0 Å². The molecule has 2 nitrogen and oxygen atoms in total. The van der Waals surface area contributed by atoms with Crippen molar-refractivity contribution in [1.82, 2.24) is 0 Å². The lowest BCUT2D eigenvalue weighted by Crippen LogP contribution is -1.93. The number of rotatable bonds is 3. The molecule has 0 spiro atoms. The van der Waals surface area contributed by atoms with Crippen LogP contribution in [0.15, 0.2) is 42.5 Å². The van der Waals surface area contributed by atoms with Gasteiger partial charge in [0.25, 0.3) is 0 Å². The Balaban J connectivity index is 2.37. The molecule has 0 aliphatic rings. The van der Waals surface area contributed by atoms with Crippen molar-refractivity contribution in [1.29, 1.82) is 0 Å². The Bertz CT molecular complexity index is 529. The quantitative estimate of drug-likeness (QED) is 0.830. The zero-order valence-electron chi connectivity index (χ0n) is 8.86. The fourth-order valence-corrected chi connectivity index (χ4v) is 2.16. The summed E-state index contributed by atoms with van der Waals surface area (Å²) in [5, 5.41) is 9.79. The average molecular weight is 361 g/mol. The van der Waals surface area contributed by atoms with Gasteiger partial charge in [0.2, 0.25) is 0 Å². The highest BCUT2D eigenvalue weighted by atomic mass is 127. The Morgan fingerprint density at radius 3 is 2.47 bits per heavy atom. The number of benzene rings is 2. The van der Waals surface area contributed by atoms with Gasteiger partial charge in [-0.05, 0) is 46.9 Å². The minimum atomic E-state index is -0.140. The van der Waals surface area contributed by atoms with Gasteiger partial charge in [-0.15, -0.1) is 0 Å². The van der Waals surface area contributed by atoms with Gasteiger partial charge in [0.15, 0.2) is 0 Å². The standard InChI is InChI=1S/C13H10ClIO2/c14-10-4-3-7-12(9(10)8-16)17-13-6-2-1-5-11(13)15/h1-7,16H,8H2. The molecule has 2 aromatic rings. The van der Waals surface area contributed by atoms with Crippen LogP contribution in [-0.4, -0.2) is 5.11 Å². The largest absolute Gasteiger partial charge is 0.456 e. The topological polar surface area (TPSA) is 29.5 Å². The molecule has 88 valence electrons. The van der Waals surface area contributed by atoms with E-state index in [4.69, 9.17) is 16.3 Å². The third-order valence-corrected chi connectivity index (χ3v) is 3.54. The van der Waals surface area contributed by atoms with Gasteiger partial charge in [-0.1, -0.05) is 29.8 Å². The van der Waals surface area contributed by atoms with Crippen molar-refractivity contribution in [3.05, 3.63) is 56.6 Å². The molecule has 0 aliphatic heterocycles. The molecule has 0 saturated heterocycles. The minimum absolute atomic E-state index is 0.140. The molecule has 0 atom stereocenters. The highest BCUT2D eigenvalue weighted by molar-refractivity contribution is 14.1. The van der Waals surface area contributed by atoms with Crippen molar-refractivity contribution >= 4 is 34.2 Å². The van der Waals surface area contributed by atoms with Crippen LogP contribution in [0, 0.1) is 3.57 Å². The van der Waals surface area contributed by atoms with Gasteiger partial charge in [0.1, 0.15) is 11.5 Å². The summed E-state index contributed by atoms with van der Waals surface area (Å²) in [6.45, 7) is -0.140. The molecule has 0 heterocycles. The first-order valence-corrected chi connectivity index (χ1v) is 6.48. The summed E-state index contributed by atoms with van der Waals surface area (Å²) in [6, 6.07) is 13.0. The summed E-state index contributed by atoms with van der Waals surface area (Å²) in [7, 11) is 0. The van der Waals surface area contributed by atoms with Crippen molar-refractivity contribution in [3.63, 3.8) is 0 Å². The first kappa shape index (κ1) is 12.7. The normalized spacial score (nSPS) is 10.3. The molecule has 1 N–H and O–H groups in total. The first-order chi connectivity index (χ1) is 8.22. The van der Waals surface area contributed by atoms with E-state index in [1.165, 1.54) is 0 Å². The zero-order valence-corrected chi connectivity index (χ0v) is 11.8. The fraction of sp³-hybridized carbons (Fsp3) is 0.0769. The Morgan fingerprint density at radius 2 is 1.76 bits per heavy atom. The monoisotopic (exact) mass is 360 g/mol. The van der Waals surface area contributed by atoms with Crippen molar-refractivity contribution < 1.29 is 9.84 Å². The molecular formula is C13H10ClIO2. The van der Waals surface area contributed by atoms with Crippen LogP contribution in [0.2, 0.25) is 5.02 Å². The van der Waals surface area contributed by atoms with Gasteiger partial charge < -0.3 is 9.84 Å². The van der Waals surface area contributed by atoms with Crippen LogP contribution in [0.5, 0.6) is 11.5 Å². The van der Waals surface area contributed by atoms with E-state index in [0.717, 1.165) is 9.32 Å². The number of hydrogen-bond acceptors (Lipinski definition) is 2. The second kappa shape index (κ2) is 5.71. The highest BCUT2D eigenvalue weighted by Gasteiger charge is 2.09. The van der Waals surface area contributed by atoms with Crippen LogP contribution in [0.1, 0.15) is 5.56 Å². The molecule has 0 aromatic heterocycles. The number of aliphatic hydroxyl groups is 1. The maximum Gasteiger partial charge on any atom is 0.140 e. The number of aliphatic hydroxyl groups excluding tert-OH is 1. The predicted molar refractivity (Wildman–Crippen MR) is 76.6 cm³/mol. The Hall–Kier alpha value is -0.780. The lowest BCUT2D eigenvalue weighted by atomic mass is 10.2. The van der Waals surface area contributed by atoms with E-state index < -0.39 is 0 Å². The third-order valence-electron chi connectivity index (χ3n) is 2.29. The molecular weight excluding hydrogens is 350 g/mol. The van der Waals surface area contributed by atoms with Crippen LogP contribution in [-0.2, 0) is 6.61 Å². The van der Waals surface area contributed by atoms with Crippen LogP contribution in [0.3, 0.4) is 0 Å². The Kier molecular flexibility index (Phi) is 4.25. The lowest BCUT2D eigenvalue weighted by molar-refractivity contribution is 0.276. The summed E-state index contributed by atoms with van der Waals surface area (Å²) < 4.78 is 6.77. The molecule has 0 saturated carbocycles. The van der Waals surface area contributed by atoms with E-state index in [2.05, 4.69) is 22.6 Å². The molecule has 0 unspecified atom stereocenters. The molecule has 2 rings (SSSR count). The summed E-state index contributed by atoms with van der Waals surface area (Å²) in [6.07, 6.45) is 0. The van der Waals surface area contributed by atoms with E-state index in [1.54, 1.807) is 18.2 Å². The smallest absolute Gasteiger partial charge is 0.140 e. The minimum Gasteiger partial charge on any atom is -0.456 e. The van der Waals surface area contributed by atoms with E-state index in [0.29, 0.717) is 16.3 Å². The summed E-state index contributed by atoms with van der Waals surface area (Å²) >= 11 is 8.19. The van der Waals surface area contributed by atoms with Crippen molar-refractivity contribution in [2.45, 2.75) is 6.61 Å². The second-order valence-electron chi connectivity index (χ2n) is 3.41. The highest BCUT2D eigenvalue weighted by Crippen LogP contribution is 2.32. The molecule has 0 fully saturated rings. The third kappa shape index (κ3) is 2.91. The Labute approximate surface area is 118 Å². The Morgan fingerprint density at radius 1 is 1.06 bits per heavy atom. The summed E-state index contributed by atoms with van der Waals surface area (Å²) in [5.41, 5.74) is 0.605. The average Bonchev–Trinajstić information content (AvgIpc) is 2.32. The fourth-order valence-electron chi connectivity index (χ4n) is 1.43. The van der Waals surface area contributed by atoms with Gasteiger partial charge in [-0.2, -0.15) is 0 Å². The molecule has 2 aromatic carbocycles.